The Labute approximate surface area is 229 Å². The summed E-state index contributed by atoms with van der Waals surface area (Å²) in [4.78, 5) is 57.0. The first-order valence-electron chi connectivity index (χ1n) is 13.5. The monoisotopic (exact) mass is 544 g/mol. The molecule has 1 N–H and O–H groups in total. The molecule has 0 saturated carbocycles. The van der Waals surface area contributed by atoms with Gasteiger partial charge >= 0.3 is 12.1 Å². The molecule has 0 aliphatic carbocycles. The molecule has 1 aromatic rings. The van der Waals surface area contributed by atoms with Crippen LogP contribution in [0.4, 0.5) is 4.79 Å². The molecule has 0 bridgehead atoms. The molecule has 1 aromatic carbocycles. The summed E-state index contributed by atoms with van der Waals surface area (Å²) in [5.74, 6) is -1.05. The van der Waals surface area contributed by atoms with Crippen LogP contribution >= 0.6 is 0 Å². The fourth-order valence-electron chi connectivity index (χ4n) is 4.96. The van der Waals surface area contributed by atoms with Gasteiger partial charge in [-0.1, -0.05) is 58.4 Å². The van der Waals surface area contributed by atoms with E-state index in [0.29, 0.717) is 51.9 Å². The van der Waals surface area contributed by atoms with Crippen molar-refractivity contribution in [2.75, 3.05) is 26.2 Å². The zero-order valence-electron chi connectivity index (χ0n) is 23.3. The zero-order valence-corrected chi connectivity index (χ0v) is 23.3. The molecule has 1 spiro atoms. The van der Waals surface area contributed by atoms with Crippen LogP contribution in [0.15, 0.2) is 29.4 Å². The van der Waals surface area contributed by atoms with Crippen LogP contribution in [-0.4, -0.2) is 88.6 Å². The highest BCUT2D eigenvalue weighted by atomic mass is 16.7. The number of rotatable bonds is 11. The maximum absolute atomic E-state index is 13.0. The summed E-state index contributed by atoms with van der Waals surface area (Å²) in [5, 5.41) is 14.6. The van der Waals surface area contributed by atoms with Gasteiger partial charge in [-0.25, -0.2) is 14.4 Å². The number of benzene rings is 1. The second kappa shape index (κ2) is 13.1. The lowest BCUT2D eigenvalue weighted by atomic mass is 9.83. The number of aliphatic carboxylic acids is 1. The second-order valence-electron chi connectivity index (χ2n) is 11.2. The van der Waals surface area contributed by atoms with E-state index >= 15 is 0 Å². The number of hydroxylamine groups is 1. The quantitative estimate of drug-likeness (QED) is 0.195. The molecule has 2 saturated heterocycles. The van der Waals surface area contributed by atoms with Crippen LogP contribution in [0.1, 0.15) is 70.9 Å². The fourth-order valence-corrected chi connectivity index (χ4v) is 4.96. The van der Waals surface area contributed by atoms with Gasteiger partial charge in [0.15, 0.2) is 0 Å². The van der Waals surface area contributed by atoms with E-state index in [1.807, 2.05) is 31.2 Å². The molecule has 1 atom stereocenters. The van der Waals surface area contributed by atoms with E-state index in [9.17, 15) is 24.3 Å². The summed E-state index contributed by atoms with van der Waals surface area (Å²) in [5.41, 5.74) is 0.323. The average molecular weight is 545 g/mol. The standard InChI is InChI=1S/C28H40N4O7/c1-5-6-17-38-32(20-33)29-19-22-9-7-21(8-10-22)18-23(34)30-14-11-28(12-15-30)13-16-31(26(37)39-28)24(25(35)36)27(2,3)4/h7-10,19-20,24H,5-6,11-18H2,1-4H3,(H,35,36). The van der Waals surface area contributed by atoms with Crippen LogP contribution < -0.4 is 0 Å². The molecular formula is C28H40N4O7. The molecule has 11 nitrogen and oxygen atoms in total. The topological polar surface area (TPSA) is 129 Å². The summed E-state index contributed by atoms with van der Waals surface area (Å²) < 4.78 is 5.83. The number of hydrazone groups is 1. The average Bonchev–Trinajstić information content (AvgIpc) is 2.88. The number of carbonyl (C=O) groups is 4. The van der Waals surface area contributed by atoms with Gasteiger partial charge in [-0.05, 0) is 23.0 Å². The normalized spacial score (nSPS) is 18.2. The highest BCUT2D eigenvalue weighted by Crippen LogP contribution is 2.37. The highest BCUT2D eigenvalue weighted by molar-refractivity contribution is 5.82. The number of unbranched alkanes of at least 4 members (excludes halogenated alkanes) is 1. The number of ether oxygens (including phenoxy) is 1. The Balaban J connectivity index is 1.50. The third-order valence-corrected chi connectivity index (χ3v) is 7.21. The number of hydrogen-bond acceptors (Lipinski definition) is 7. The van der Waals surface area contributed by atoms with Gasteiger partial charge < -0.3 is 14.7 Å². The predicted molar refractivity (Wildman–Crippen MR) is 144 cm³/mol. The van der Waals surface area contributed by atoms with Gasteiger partial charge in [0.2, 0.25) is 5.91 Å². The highest BCUT2D eigenvalue weighted by Gasteiger charge is 2.48. The molecule has 1 unspecified atom stereocenters. The summed E-state index contributed by atoms with van der Waals surface area (Å²) in [7, 11) is 0. The maximum Gasteiger partial charge on any atom is 0.411 e. The Bertz CT molecular complexity index is 1040. The Morgan fingerprint density at radius 1 is 1.18 bits per heavy atom. The van der Waals surface area contributed by atoms with E-state index in [-0.39, 0.29) is 12.3 Å². The van der Waals surface area contributed by atoms with E-state index in [1.54, 1.807) is 25.7 Å². The van der Waals surface area contributed by atoms with Gasteiger partial charge in [0, 0.05) is 38.9 Å². The Morgan fingerprint density at radius 3 is 2.36 bits per heavy atom. The van der Waals surface area contributed by atoms with E-state index in [2.05, 4.69) is 5.10 Å². The van der Waals surface area contributed by atoms with E-state index in [4.69, 9.17) is 9.57 Å². The van der Waals surface area contributed by atoms with Crippen LogP contribution in [0.5, 0.6) is 0 Å². The summed E-state index contributed by atoms with van der Waals surface area (Å²) in [6.45, 7) is 9.07. The molecular weight excluding hydrogens is 504 g/mol. The number of carboxylic acids is 1. The van der Waals surface area contributed by atoms with Crippen molar-refractivity contribution < 1.29 is 33.9 Å². The van der Waals surface area contributed by atoms with E-state index in [1.165, 1.54) is 11.1 Å². The van der Waals surface area contributed by atoms with Gasteiger partial charge in [0.25, 0.3) is 6.41 Å². The molecule has 2 aliphatic heterocycles. The number of amides is 3. The number of piperidine rings is 1. The predicted octanol–water partition coefficient (Wildman–Crippen LogP) is 3.46. The molecule has 0 aromatic heterocycles. The lowest BCUT2D eigenvalue weighted by Crippen LogP contribution is -2.60. The minimum Gasteiger partial charge on any atom is -0.480 e. The third kappa shape index (κ3) is 8.01. The summed E-state index contributed by atoms with van der Waals surface area (Å²) in [6, 6.07) is 6.37. The minimum absolute atomic E-state index is 0.00911. The molecule has 3 amide bonds. The van der Waals surface area contributed by atoms with Crippen molar-refractivity contribution in [2.24, 2.45) is 10.5 Å². The Hall–Kier alpha value is -3.47. The van der Waals surface area contributed by atoms with Crippen molar-refractivity contribution in [3.8, 4) is 0 Å². The third-order valence-electron chi connectivity index (χ3n) is 7.21. The lowest BCUT2D eigenvalue weighted by Gasteiger charge is -2.48. The zero-order chi connectivity index (χ0) is 28.6. The van der Waals surface area contributed by atoms with Crippen molar-refractivity contribution in [3.63, 3.8) is 0 Å². The molecule has 11 heteroatoms. The largest absolute Gasteiger partial charge is 0.480 e. The van der Waals surface area contributed by atoms with Gasteiger partial charge in [0.1, 0.15) is 11.6 Å². The molecule has 3 rings (SSSR count). The van der Waals surface area contributed by atoms with Crippen LogP contribution in [0.25, 0.3) is 0 Å². The van der Waals surface area contributed by atoms with Crippen molar-refractivity contribution in [2.45, 2.75) is 77.9 Å². The second-order valence-corrected chi connectivity index (χ2v) is 11.2. The molecule has 2 aliphatic rings. The first-order valence-corrected chi connectivity index (χ1v) is 13.5. The lowest BCUT2D eigenvalue weighted by molar-refractivity contribution is -0.172. The molecule has 39 heavy (non-hydrogen) atoms. The number of likely N-dealkylation sites (tertiary alicyclic amines) is 1. The van der Waals surface area contributed by atoms with E-state index in [0.717, 1.165) is 29.1 Å². The molecule has 214 valence electrons. The maximum atomic E-state index is 13.0. The van der Waals surface area contributed by atoms with Crippen LogP contribution in [0.2, 0.25) is 0 Å². The van der Waals surface area contributed by atoms with Gasteiger partial charge in [-0.3, -0.25) is 14.5 Å². The Kier molecular flexibility index (Phi) is 10.1. The van der Waals surface area contributed by atoms with Crippen molar-refractivity contribution in [3.05, 3.63) is 35.4 Å². The fraction of sp³-hybridized carbons (Fsp3) is 0.607. The number of carbonyl (C=O) groups excluding carboxylic acids is 3. The molecule has 2 heterocycles. The van der Waals surface area contributed by atoms with Gasteiger partial charge in [-0.15, -0.1) is 5.17 Å². The van der Waals surface area contributed by atoms with Crippen LogP contribution in [0.3, 0.4) is 0 Å². The van der Waals surface area contributed by atoms with Crippen molar-refractivity contribution in [1.82, 2.24) is 15.0 Å². The van der Waals surface area contributed by atoms with Crippen molar-refractivity contribution in [1.29, 1.82) is 0 Å². The summed E-state index contributed by atoms with van der Waals surface area (Å²) >= 11 is 0. The van der Waals surface area contributed by atoms with E-state index < -0.39 is 29.1 Å². The smallest absolute Gasteiger partial charge is 0.411 e. The van der Waals surface area contributed by atoms with Crippen LogP contribution in [0, 0.1) is 5.41 Å². The summed E-state index contributed by atoms with van der Waals surface area (Å²) in [6.07, 6.45) is 5.02. The first-order chi connectivity index (χ1) is 18.5. The number of carboxylic acid groups (broad SMARTS) is 1. The van der Waals surface area contributed by atoms with Gasteiger partial charge in [-0.2, -0.15) is 5.10 Å². The van der Waals surface area contributed by atoms with Gasteiger partial charge in [0.05, 0.1) is 19.2 Å². The first kappa shape index (κ1) is 30.1. The van der Waals surface area contributed by atoms with Crippen molar-refractivity contribution >= 4 is 30.6 Å². The SMILES string of the molecule is CCCCON(C=O)N=Cc1ccc(CC(=O)N2CCC3(CC2)CCN(C(C(=O)O)C(C)(C)C)C(=O)O3)cc1. The molecule has 2 fully saturated rings. The minimum atomic E-state index is -1.05. The number of nitrogens with zero attached hydrogens (tertiary/aromatic N) is 4. The Morgan fingerprint density at radius 2 is 1.82 bits per heavy atom. The molecule has 0 radical (unpaired) electrons. The number of hydrogen-bond donors (Lipinski definition) is 1. The van der Waals surface area contributed by atoms with Crippen LogP contribution in [-0.2, 0) is 30.4 Å².